The molecule has 1 amide bonds. The number of hydrogen-bond donors (Lipinski definition) is 3. The van der Waals surface area contributed by atoms with Crippen molar-refractivity contribution in [1.82, 2.24) is 10.3 Å². The number of aliphatic carboxylic acids is 1. The zero-order chi connectivity index (χ0) is 20.0. The van der Waals surface area contributed by atoms with Gasteiger partial charge in [-0.25, -0.2) is 4.98 Å². The van der Waals surface area contributed by atoms with Crippen LogP contribution >= 0.6 is 11.3 Å². The van der Waals surface area contributed by atoms with Crippen LogP contribution in [0, 0.1) is 5.92 Å². The van der Waals surface area contributed by atoms with Crippen molar-refractivity contribution in [2.45, 2.75) is 46.1 Å². The number of aromatic nitrogens is 1. The lowest BCUT2D eigenvalue weighted by Gasteiger charge is -2.19. The highest BCUT2D eigenvalue weighted by Gasteiger charge is 2.24. The standard InChI is InChI=1S/C20H27N3O3S/c1-5-13(4)16(19(25)26)21-11-15(24)22-20-23-17(18(27-20)12(2)3)14-9-7-6-8-10-14/h6-10,12-13,16,21H,5,11H2,1-4H3,(H,25,26)(H,22,23,24)/t13-,16-/m0/s1. The molecule has 1 heterocycles. The minimum atomic E-state index is -0.945. The van der Waals surface area contributed by atoms with Crippen LogP contribution in [0.4, 0.5) is 5.13 Å². The first-order chi connectivity index (χ1) is 12.8. The molecule has 7 heteroatoms. The average molecular weight is 390 g/mol. The predicted octanol–water partition coefficient (Wildman–Crippen LogP) is 3.96. The molecular weight excluding hydrogens is 362 g/mol. The molecule has 0 saturated carbocycles. The monoisotopic (exact) mass is 389 g/mol. The molecule has 6 nitrogen and oxygen atoms in total. The summed E-state index contributed by atoms with van der Waals surface area (Å²) < 4.78 is 0. The molecule has 0 aliphatic heterocycles. The number of hydrogen-bond acceptors (Lipinski definition) is 5. The molecule has 0 radical (unpaired) electrons. The fraction of sp³-hybridized carbons (Fsp3) is 0.450. The summed E-state index contributed by atoms with van der Waals surface area (Å²) in [6.07, 6.45) is 0.719. The Morgan fingerprint density at radius 2 is 1.85 bits per heavy atom. The van der Waals surface area contributed by atoms with E-state index in [-0.39, 0.29) is 24.3 Å². The van der Waals surface area contributed by atoms with E-state index in [1.807, 2.05) is 44.2 Å². The van der Waals surface area contributed by atoms with E-state index in [4.69, 9.17) is 0 Å². The van der Waals surface area contributed by atoms with Crippen LogP contribution in [-0.2, 0) is 9.59 Å². The van der Waals surface area contributed by atoms with Crippen LogP contribution in [0.15, 0.2) is 30.3 Å². The van der Waals surface area contributed by atoms with Gasteiger partial charge in [-0.1, -0.05) is 64.4 Å². The van der Waals surface area contributed by atoms with Crippen molar-refractivity contribution < 1.29 is 14.7 Å². The third kappa shape index (κ3) is 5.61. The van der Waals surface area contributed by atoms with Crippen LogP contribution in [0.25, 0.3) is 11.3 Å². The fourth-order valence-corrected chi connectivity index (χ4v) is 3.72. The summed E-state index contributed by atoms with van der Waals surface area (Å²) in [6, 6.07) is 9.12. The summed E-state index contributed by atoms with van der Waals surface area (Å²) in [5.74, 6) is -1.02. The van der Waals surface area contributed by atoms with Gasteiger partial charge in [0.1, 0.15) is 6.04 Å². The van der Waals surface area contributed by atoms with Crippen LogP contribution in [0.1, 0.15) is 44.9 Å². The number of amides is 1. The Hall–Kier alpha value is -2.25. The lowest BCUT2D eigenvalue weighted by Crippen LogP contribution is -2.45. The van der Waals surface area contributed by atoms with Gasteiger partial charge in [-0.05, 0) is 11.8 Å². The zero-order valence-corrected chi connectivity index (χ0v) is 17.0. The maximum absolute atomic E-state index is 12.3. The van der Waals surface area contributed by atoms with Crippen molar-refractivity contribution in [3.8, 4) is 11.3 Å². The quantitative estimate of drug-likeness (QED) is 0.604. The van der Waals surface area contributed by atoms with E-state index in [0.29, 0.717) is 5.13 Å². The van der Waals surface area contributed by atoms with E-state index in [0.717, 1.165) is 22.6 Å². The van der Waals surface area contributed by atoms with Crippen molar-refractivity contribution in [3.63, 3.8) is 0 Å². The third-order valence-electron chi connectivity index (χ3n) is 4.43. The van der Waals surface area contributed by atoms with Gasteiger partial charge in [0.05, 0.1) is 12.2 Å². The number of carbonyl (C=O) groups excluding carboxylic acids is 1. The second kappa shape index (κ2) is 9.62. The predicted molar refractivity (Wildman–Crippen MR) is 109 cm³/mol. The molecule has 2 rings (SSSR count). The van der Waals surface area contributed by atoms with Crippen molar-refractivity contribution in [2.75, 3.05) is 11.9 Å². The van der Waals surface area contributed by atoms with E-state index in [9.17, 15) is 14.7 Å². The van der Waals surface area contributed by atoms with Gasteiger partial charge >= 0.3 is 5.97 Å². The summed E-state index contributed by atoms with van der Waals surface area (Å²) in [4.78, 5) is 29.3. The number of carbonyl (C=O) groups is 2. The first-order valence-electron chi connectivity index (χ1n) is 9.15. The number of nitrogens with zero attached hydrogens (tertiary/aromatic N) is 1. The Kier molecular flexibility index (Phi) is 7.50. The van der Waals surface area contributed by atoms with E-state index in [1.165, 1.54) is 11.3 Å². The third-order valence-corrected chi connectivity index (χ3v) is 5.70. The Labute approximate surface area is 164 Å². The molecule has 0 saturated heterocycles. The Morgan fingerprint density at radius 1 is 1.19 bits per heavy atom. The number of thiazole rings is 1. The number of carboxylic acid groups (broad SMARTS) is 1. The minimum absolute atomic E-state index is 0.0626. The van der Waals surface area contributed by atoms with Gasteiger partial charge in [0.2, 0.25) is 5.91 Å². The number of benzene rings is 1. The van der Waals surface area contributed by atoms with Crippen molar-refractivity contribution in [2.24, 2.45) is 5.92 Å². The van der Waals surface area contributed by atoms with Gasteiger partial charge in [-0.15, -0.1) is 11.3 Å². The second-order valence-electron chi connectivity index (χ2n) is 6.88. The molecule has 0 bridgehead atoms. The molecule has 2 atom stereocenters. The minimum Gasteiger partial charge on any atom is -0.480 e. The summed E-state index contributed by atoms with van der Waals surface area (Å²) in [7, 11) is 0. The molecule has 0 aliphatic rings. The van der Waals surface area contributed by atoms with Crippen LogP contribution in [0.2, 0.25) is 0 Å². The van der Waals surface area contributed by atoms with Crippen molar-refractivity contribution >= 4 is 28.3 Å². The molecule has 0 aliphatic carbocycles. The molecule has 27 heavy (non-hydrogen) atoms. The number of carboxylic acids is 1. The van der Waals surface area contributed by atoms with Crippen LogP contribution < -0.4 is 10.6 Å². The molecule has 0 fully saturated rings. The molecule has 0 spiro atoms. The first-order valence-corrected chi connectivity index (χ1v) is 9.97. The Bertz CT molecular complexity index is 774. The number of rotatable bonds is 9. The first kappa shape index (κ1) is 21.1. The fourth-order valence-electron chi connectivity index (χ4n) is 2.71. The molecule has 3 N–H and O–H groups in total. The van der Waals surface area contributed by atoms with Gasteiger partial charge < -0.3 is 10.4 Å². The van der Waals surface area contributed by atoms with E-state index >= 15 is 0 Å². The molecule has 1 aromatic heterocycles. The largest absolute Gasteiger partial charge is 0.480 e. The van der Waals surface area contributed by atoms with Gasteiger partial charge in [-0.3, -0.25) is 14.9 Å². The zero-order valence-electron chi connectivity index (χ0n) is 16.2. The summed E-state index contributed by atoms with van der Waals surface area (Å²) in [5, 5.41) is 15.4. The lowest BCUT2D eigenvalue weighted by atomic mass is 9.99. The second-order valence-corrected chi connectivity index (χ2v) is 7.91. The van der Waals surface area contributed by atoms with Gasteiger partial charge in [0, 0.05) is 10.4 Å². The molecule has 146 valence electrons. The van der Waals surface area contributed by atoms with E-state index in [2.05, 4.69) is 29.5 Å². The topological polar surface area (TPSA) is 91.3 Å². The maximum atomic E-state index is 12.3. The Morgan fingerprint density at radius 3 is 2.41 bits per heavy atom. The van der Waals surface area contributed by atoms with Crippen LogP contribution in [0.5, 0.6) is 0 Å². The number of nitrogens with one attached hydrogen (secondary N) is 2. The highest BCUT2D eigenvalue weighted by molar-refractivity contribution is 7.16. The van der Waals surface area contributed by atoms with Gasteiger partial charge in [-0.2, -0.15) is 0 Å². The highest BCUT2D eigenvalue weighted by atomic mass is 32.1. The summed E-state index contributed by atoms with van der Waals surface area (Å²) in [6.45, 7) is 7.90. The molecule has 0 unspecified atom stereocenters. The van der Waals surface area contributed by atoms with Crippen LogP contribution in [0.3, 0.4) is 0 Å². The lowest BCUT2D eigenvalue weighted by molar-refractivity contribution is -0.140. The highest BCUT2D eigenvalue weighted by Crippen LogP contribution is 2.36. The maximum Gasteiger partial charge on any atom is 0.320 e. The van der Waals surface area contributed by atoms with Crippen LogP contribution in [-0.4, -0.2) is 34.6 Å². The van der Waals surface area contributed by atoms with Crippen molar-refractivity contribution in [1.29, 1.82) is 0 Å². The molecular formula is C20H27N3O3S. The SMILES string of the molecule is CC[C@H](C)[C@H](NCC(=O)Nc1nc(-c2ccccc2)c(C(C)C)s1)C(=O)O. The van der Waals surface area contributed by atoms with Gasteiger partial charge in [0.25, 0.3) is 0 Å². The van der Waals surface area contributed by atoms with Crippen molar-refractivity contribution in [3.05, 3.63) is 35.2 Å². The van der Waals surface area contributed by atoms with E-state index < -0.39 is 12.0 Å². The smallest absolute Gasteiger partial charge is 0.320 e. The molecule has 2 aromatic rings. The molecule has 1 aromatic carbocycles. The summed E-state index contributed by atoms with van der Waals surface area (Å²) in [5.41, 5.74) is 1.89. The van der Waals surface area contributed by atoms with E-state index in [1.54, 1.807) is 0 Å². The average Bonchev–Trinajstić information content (AvgIpc) is 3.06. The van der Waals surface area contributed by atoms with Gasteiger partial charge in [0.15, 0.2) is 5.13 Å². The summed E-state index contributed by atoms with van der Waals surface area (Å²) >= 11 is 1.45. The number of anilines is 1. The normalized spacial score (nSPS) is 13.4. The Balaban J connectivity index is 2.09.